The summed E-state index contributed by atoms with van der Waals surface area (Å²) in [6.45, 7) is 8.81. The van der Waals surface area contributed by atoms with Gasteiger partial charge in [-0.3, -0.25) is 4.90 Å². The maximum absolute atomic E-state index is 3.87. The molecule has 0 spiro atoms. The van der Waals surface area contributed by atoms with Crippen LogP contribution in [0, 0.1) is 11.8 Å². The quantitative estimate of drug-likeness (QED) is 0.840. The van der Waals surface area contributed by atoms with Crippen molar-refractivity contribution in [2.45, 2.75) is 76.8 Å². The Labute approximate surface area is 119 Å². The van der Waals surface area contributed by atoms with Crippen LogP contribution in [0.15, 0.2) is 0 Å². The number of rotatable bonds is 3. The predicted octanol–water partition coefficient (Wildman–Crippen LogP) is 3.42. The van der Waals surface area contributed by atoms with Gasteiger partial charge in [0.05, 0.1) is 0 Å². The molecule has 0 bridgehead atoms. The first-order valence-corrected chi connectivity index (χ1v) is 8.68. The molecule has 1 aliphatic heterocycles. The van der Waals surface area contributed by atoms with Crippen molar-refractivity contribution in [3.8, 4) is 0 Å². The van der Waals surface area contributed by atoms with Gasteiger partial charge in [0.25, 0.3) is 0 Å². The van der Waals surface area contributed by atoms with Gasteiger partial charge < -0.3 is 5.32 Å². The SMILES string of the molecule is CC(C1CCCCC1)N1CCCNC(C)(C2CC2)C1. The molecule has 0 radical (unpaired) electrons. The first-order chi connectivity index (χ1) is 9.19. The lowest BCUT2D eigenvalue weighted by atomic mass is 9.83. The molecular weight excluding hydrogens is 232 g/mol. The van der Waals surface area contributed by atoms with E-state index in [1.54, 1.807) is 0 Å². The molecule has 2 saturated carbocycles. The van der Waals surface area contributed by atoms with Gasteiger partial charge in [-0.1, -0.05) is 19.3 Å². The van der Waals surface area contributed by atoms with Gasteiger partial charge in [0, 0.05) is 18.1 Å². The highest BCUT2D eigenvalue weighted by molar-refractivity contribution is 5.02. The van der Waals surface area contributed by atoms with E-state index in [9.17, 15) is 0 Å². The maximum Gasteiger partial charge on any atom is 0.0308 e. The summed E-state index contributed by atoms with van der Waals surface area (Å²) in [5.41, 5.74) is 0.402. The molecular formula is C17H32N2. The summed E-state index contributed by atoms with van der Waals surface area (Å²) in [6, 6.07) is 0.804. The van der Waals surface area contributed by atoms with E-state index in [-0.39, 0.29) is 0 Å². The van der Waals surface area contributed by atoms with Crippen LogP contribution in [0.25, 0.3) is 0 Å². The standard InChI is InChI=1S/C17H32N2/c1-14(15-7-4-3-5-8-15)19-12-6-11-18-17(2,13-19)16-9-10-16/h14-16,18H,3-13H2,1-2H3. The van der Waals surface area contributed by atoms with E-state index in [0.29, 0.717) is 5.54 Å². The lowest BCUT2D eigenvalue weighted by Crippen LogP contribution is -2.53. The summed E-state index contributed by atoms with van der Waals surface area (Å²) in [5.74, 6) is 1.92. The first-order valence-electron chi connectivity index (χ1n) is 8.68. The Bertz CT molecular complexity index is 294. The van der Waals surface area contributed by atoms with Crippen LogP contribution < -0.4 is 5.32 Å². The minimum absolute atomic E-state index is 0.402. The minimum atomic E-state index is 0.402. The second-order valence-electron chi connectivity index (χ2n) is 7.58. The van der Waals surface area contributed by atoms with Crippen molar-refractivity contribution in [1.82, 2.24) is 10.2 Å². The van der Waals surface area contributed by atoms with Crippen LogP contribution in [0.2, 0.25) is 0 Å². The van der Waals surface area contributed by atoms with Gasteiger partial charge in [-0.2, -0.15) is 0 Å². The van der Waals surface area contributed by atoms with Crippen molar-refractivity contribution in [2.75, 3.05) is 19.6 Å². The van der Waals surface area contributed by atoms with Crippen LogP contribution in [0.1, 0.15) is 65.2 Å². The summed E-state index contributed by atoms with van der Waals surface area (Å²) >= 11 is 0. The van der Waals surface area contributed by atoms with Crippen molar-refractivity contribution in [3.05, 3.63) is 0 Å². The van der Waals surface area contributed by atoms with Crippen LogP contribution in [-0.2, 0) is 0 Å². The third-order valence-electron chi connectivity index (χ3n) is 6.07. The molecule has 1 saturated heterocycles. The van der Waals surface area contributed by atoms with Gasteiger partial charge in [0.15, 0.2) is 0 Å². The Morgan fingerprint density at radius 1 is 1.05 bits per heavy atom. The van der Waals surface area contributed by atoms with Crippen molar-refractivity contribution >= 4 is 0 Å². The van der Waals surface area contributed by atoms with Crippen molar-refractivity contribution in [2.24, 2.45) is 11.8 Å². The molecule has 3 fully saturated rings. The number of nitrogens with one attached hydrogen (secondary N) is 1. The van der Waals surface area contributed by atoms with Gasteiger partial charge in [0.2, 0.25) is 0 Å². The maximum atomic E-state index is 3.87. The van der Waals surface area contributed by atoms with Gasteiger partial charge in [0.1, 0.15) is 0 Å². The fraction of sp³-hybridized carbons (Fsp3) is 1.00. The minimum Gasteiger partial charge on any atom is -0.310 e. The first kappa shape index (κ1) is 13.9. The number of hydrogen-bond acceptors (Lipinski definition) is 2. The molecule has 3 rings (SSSR count). The van der Waals surface area contributed by atoms with Crippen molar-refractivity contribution < 1.29 is 0 Å². The summed E-state index contributed by atoms with van der Waals surface area (Å²) in [4.78, 5) is 2.83. The fourth-order valence-corrected chi connectivity index (χ4v) is 4.47. The van der Waals surface area contributed by atoms with Crippen LogP contribution in [0.3, 0.4) is 0 Å². The summed E-state index contributed by atoms with van der Waals surface area (Å²) in [5, 5.41) is 3.87. The molecule has 1 heterocycles. The predicted molar refractivity (Wildman–Crippen MR) is 81.4 cm³/mol. The zero-order valence-corrected chi connectivity index (χ0v) is 13.0. The second kappa shape index (κ2) is 5.73. The lowest BCUT2D eigenvalue weighted by molar-refractivity contribution is 0.104. The average molecular weight is 264 g/mol. The Hall–Kier alpha value is -0.0800. The van der Waals surface area contributed by atoms with Crippen molar-refractivity contribution in [1.29, 1.82) is 0 Å². The highest BCUT2D eigenvalue weighted by Crippen LogP contribution is 2.41. The molecule has 0 aromatic rings. The highest BCUT2D eigenvalue weighted by atomic mass is 15.2. The largest absolute Gasteiger partial charge is 0.310 e. The summed E-state index contributed by atoms with van der Waals surface area (Å²) in [6.07, 6.45) is 11.6. The lowest BCUT2D eigenvalue weighted by Gasteiger charge is -2.40. The van der Waals surface area contributed by atoms with E-state index in [1.165, 1.54) is 71.0 Å². The third kappa shape index (κ3) is 3.16. The molecule has 0 aromatic heterocycles. The Kier molecular flexibility index (Phi) is 4.19. The molecule has 0 aromatic carbocycles. The number of nitrogens with zero attached hydrogens (tertiary/aromatic N) is 1. The van der Waals surface area contributed by atoms with Crippen LogP contribution in [0.5, 0.6) is 0 Å². The zero-order chi connectivity index (χ0) is 13.3. The topological polar surface area (TPSA) is 15.3 Å². The van der Waals surface area contributed by atoms with Crippen molar-refractivity contribution in [3.63, 3.8) is 0 Å². The normalized spacial score (nSPS) is 36.9. The molecule has 2 atom stereocenters. The molecule has 19 heavy (non-hydrogen) atoms. The molecule has 2 aliphatic carbocycles. The van der Waals surface area contributed by atoms with Crippen LogP contribution >= 0.6 is 0 Å². The summed E-state index contributed by atoms with van der Waals surface area (Å²) < 4.78 is 0. The second-order valence-corrected chi connectivity index (χ2v) is 7.58. The van der Waals surface area contributed by atoms with Gasteiger partial charge >= 0.3 is 0 Å². The molecule has 1 N–H and O–H groups in total. The highest BCUT2D eigenvalue weighted by Gasteiger charge is 2.44. The molecule has 3 aliphatic rings. The smallest absolute Gasteiger partial charge is 0.0308 e. The van der Waals surface area contributed by atoms with E-state index in [1.807, 2.05) is 0 Å². The molecule has 110 valence electrons. The van der Waals surface area contributed by atoms with Gasteiger partial charge in [-0.05, 0) is 70.9 Å². The van der Waals surface area contributed by atoms with Crippen LogP contribution in [-0.4, -0.2) is 36.1 Å². The molecule has 2 heteroatoms. The van der Waals surface area contributed by atoms with Crippen LogP contribution in [0.4, 0.5) is 0 Å². The fourth-order valence-electron chi connectivity index (χ4n) is 4.47. The molecule has 2 unspecified atom stereocenters. The average Bonchev–Trinajstić information content (AvgIpc) is 3.26. The van der Waals surface area contributed by atoms with E-state index in [4.69, 9.17) is 0 Å². The van der Waals surface area contributed by atoms with Gasteiger partial charge in [-0.25, -0.2) is 0 Å². The Balaban J connectivity index is 1.64. The Morgan fingerprint density at radius 3 is 2.47 bits per heavy atom. The summed E-state index contributed by atoms with van der Waals surface area (Å²) in [7, 11) is 0. The van der Waals surface area contributed by atoms with E-state index in [0.717, 1.165) is 17.9 Å². The zero-order valence-electron chi connectivity index (χ0n) is 13.0. The molecule has 2 nitrogen and oxygen atoms in total. The van der Waals surface area contributed by atoms with E-state index < -0.39 is 0 Å². The monoisotopic (exact) mass is 264 g/mol. The third-order valence-corrected chi connectivity index (χ3v) is 6.07. The molecule has 0 amide bonds. The van der Waals surface area contributed by atoms with E-state index >= 15 is 0 Å². The van der Waals surface area contributed by atoms with E-state index in [2.05, 4.69) is 24.1 Å². The Morgan fingerprint density at radius 2 is 1.79 bits per heavy atom. The van der Waals surface area contributed by atoms with Gasteiger partial charge in [-0.15, -0.1) is 0 Å². The number of hydrogen-bond donors (Lipinski definition) is 1.